The van der Waals surface area contributed by atoms with Gasteiger partial charge >= 0.3 is 0 Å². The predicted molar refractivity (Wildman–Crippen MR) is 75.6 cm³/mol. The molecule has 0 aliphatic rings. The Morgan fingerprint density at radius 3 is 2.61 bits per heavy atom. The summed E-state index contributed by atoms with van der Waals surface area (Å²) in [6, 6.07) is -0.0385. The predicted octanol–water partition coefficient (Wildman–Crippen LogP) is 2.45. The van der Waals surface area contributed by atoms with Crippen molar-refractivity contribution in [2.45, 2.75) is 59.0 Å². The van der Waals surface area contributed by atoms with Crippen LogP contribution in [0.2, 0.25) is 0 Å². The monoisotopic (exact) mass is 269 g/mol. The average molecular weight is 269 g/mol. The van der Waals surface area contributed by atoms with Crippen LogP contribution in [0.4, 0.5) is 0 Å². The van der Waals surface area contributed by atoms with Crippen molar-refractivity contribution in [3.8, 4) is 0 Å². The van der Waals surface area contributed by atoms with E-state index in [1.54, 1.807) is 18.3 Å². The van der Waals surface area contributed by atoms with Crippen molar-refractivity contribution in [2.75, 3.05) is 0 Å². The van der Waals surface area contributed by atoms with Crippen molar-refractivity contribution in [1.29, 1.82) is 0 Å². The van der Waals surface area contributed by atoms with Crippen molar-refractivity contribution in [1.82, 2.24) is 10.3 Å². The van der Waals surface area contributed by atoms with E-state index in [4.69, 9.17) is 5.73 Å². The lowest BCUT2D eigenvalue weighted by atomic mass is 9.96. The number of nitrogens with two attached hydrogens (primary N) is 1. The lowest BCUT2D eigenvalue weighted by molar-refractivity contribution is -0.126. The first kappa shape index (κ1) is 15.1. The minimum Gasteiger partial charge on any atom is -0.347 e. The van der Waals surface area contributed by atoms with Crippen LogP contribution in [0.5, 0.6) is 0 Å². The van der Waals surface area contributed by atoms with E-state index in [0.29, 0.717) is 6.42 Å². The minimum absolute atomic E-state index is 0.0385. The summed E-state index contributed by atoms with van der Waals surface area (Å²) in [6.45, 7) is 9.72. The number of carbonyl (C=O) groups is 1. The van der Waals surface area contributed by atoms with E-state index >= 15 is 0 Å². The Hall–Kier alpha value is -0.940. The molecule has 0 aliphatic carbocycles. The number of hydrogen-bond acceptors (Lipinski definition) is 4. The van der Waals surface area contributed by atoms with Crippen molar-refractivity contribution >= 4 is 17.2 Å². The van der Waals surface area contributed by atoms with E-state index in [2.05, 4.69) is 10.3 Å². The Labute approximate surface area is 113 Å². The number of nitrogens with one attached hydrogen (secondary N) is 1. The van der Waals surface area contributed by atoms with Crippen LogP contribution in [0, 0.1) is 13.8 Å². The van der Waals surface area contributed by atoms with Gasteiger partial charge in [0, 0.05) is 4.88 Å². The molecule has 3 N–H and O–H groups in total. The van der Waals surface area contributed by atoms with E-state index in [9.17, 15) is 4.79 Å². The van der Waals surface area contributed by atoms with Gasteiger partial charge in [-0.2, -0.15) is 0 Å². The fourth-order valence-electron chi connectivity index (χ4n) is 2.01. The summed E-state index contributed by atoms with van der Waals surface area (Å²) >= 11 is 1.62. The van der Waals surface area contributed by atoms with Crippen LogP contribution in [0.1, 0.15) is 55.2 Å². The first-order valence-corrected chi connectivity index (χ1v) is 7.13. The smallest absolute Gasteiger partial charge is 0.240 e. The van der Waals surface area contributed by atoms with Gasteiger partial charge in [-0.1, -0.05) is 13.3 Å². The summed E-state index contributed by atoms with van der Waals surface area (Å²) in [5.41, 5.74) is 6.21. The van der Waals surface area contributed by atoms with Gasteiger partial charge < -0.3 is 11.1 Å². The zero-order valence-corrected chi connectivity index (χ0v) is 12.6. The second-order valence-corrected chi connectivity index (χ2v) is 6.28. The van der Waals surface area contributed by atoms with Gasteiger partial charge in [0.05, 0.1) is 22.3 Å². The molecule has 18 heavy (non-hydrogen) atoms. The third-order valence-corrected chi connectivity index (χ3v) is 4.22. The normalized spacial score (nSPS) is 16.1. The lowest BCUT2D eigenvalue weighted by Gasteiger charge is -2.25. The molecule has 5 heteroatoms. The number of thiazole rings is 1. The minimum atomic E-state index is -0.795. The molecule has 1 heterocycles. The van der Waals surface area contributed by atoms with Crippen molar-refractivity contribution in [2.24, 2.45) is 5.73 Å². The third kappa shape index (κ3) is 3.53. The van der Waals surface area contributed by atoms with E-state index in [1.807, 2.05) is 27.7 Å². The van der Waals surface area contributed by atoms with Crippen molar-refractivity contribution in [3.05, 3.63) is 15.6 Å². The first-order chi connectivity index (χ1) is 8.27. The molecule has 4 nitrogen and oxygen atoms in total. The Morgan fingerprint density at radius 2 is 2.17 bits per heavy atom. The molecule has 0 spiro atoms. The molecule has 0 bridgehead atoms. The molecule has 2 atom stereocenters. The number of amides is 1. The molecule has 2 unspecified atom stereocenters. The van der Waals surface area contributed by atoms with Crippen LogP contribution in [-0.4, -0.2) is 16.4 Å². The number of nitrogens with zero attached hydrogens (tertiary/aromatic N) is 1. The summed E-state index contributed by atoms with van der Waals surface area (Å²) in [7, 11) is 0. The molecule has 102 valence electrons. The maximum Gasteiger partial charge on any atom is 0.240 e. The van der Waals surface area contributed by atoms with Gasteiger partial charge in [-0.15, -0.1) is 11.3 Å². The Balaban J connectivity index is 2.73. The molecule has 0 aliphatic heterocycles. The largest absolute Gasteiger partial charge is 0.347 e. The molecule has 0 fully saturated rings. The van der Waals surface area contributed by atoms with Gasteiger partial charge in [0.25, 0.3) is 0 Å². The number of aromatic nitrogens is 1. The van der Waals surface area contributed by atoms with Crippen LogP contribution < -0.4 is 11.1 Å². The van der Waals surface area contributed by atoms with Crippen LogP contribution >= 0.6 is 11.3 Å². The zero-order chi connectivity index (χ0) is 13.9. The number of aryl methyl sites for hydroxylation is 2. The Morgan fingerprint density at radius 1 is 1.56 bits per heavy atom. The molecule has 1 aromatic rings. The van der Waals surface area contributed by atoms with Gasteiger partial charge in [-0.3, -0.25) is 4.79 Å². The van der Waals surface area contributed by atoms with Gasteiger partial charge in [0.2, 0.25) is 5.91 Å². The summed E-state index contributed by atoms with van der Waals surface area (Å²) in [4.78, 5) is 17.6. The average Bonchev–Trinajstić information content (AvgIpc) is 2.57. The zero-order valence-electron chi connectivity index (χ0n) is 11.8. The Bertz CT molecular complexity index is 426. The molecule has 1 rings (SSSR count). The van der Waals surface area contributed by atoms with E-state index in [-0.39, 0.29) is 11.9 Å². The van der Waals surface area contributed by atoms with Crippen LogP contribution in [0.3, 0.4) is 0 Å². The third-order valence-electron chi connectivity index (χ3n) is 2.97. The van der Waals surface area contributed by atoms with Crippen molar-refractivity contribution in [3.63, 3.8) is 0 Å². The maximum absolute atomic E-state index is 12.1. The van der Waals surface area contributed by atoms with Gasteiger partial charge in [-0.05, 0) is 34.1 Å². The summed E-state index contributed by atoms with van der Waals surface area (Å²) in [5.74, 6) is -0.0951. The quantitative estimate of drug-likeness (QED) is 0.862. The summed E-state index contributed by atoms with van der Waals surface area (Å²) < 4.78 is 0. The first-order valence-electron chi connectivity index (χ1n) is 6.31. The SMILES string of the molecule is CCCC(C)(N)C(=O)NC(C)c1sc(C)nc1C. The molecule has 1 aromatic heterocycles. The van der Waals surface area contributed by atoms with Crippen LogP contribution in [0.15, 0.2) is 0 Å². The molecule has 0 aromatic carbocycles. The van der Waals surface area contributed by atoms with E-state index in [0.717, 1.165) is 22.0 Å². The highest BCUT2D eigenvalue weighted by atomic mass is 32.1. The molecule has 0 radical (unpaired) electrons. The molecule has 0 saturated carbocycles. The Kier molecular flexibility index (Phi) is 4.87. The number of rotatable bonds is 5. The van der Waals surface area contributed by atoms with Gasteiger partial charge in [0.1, 0.15) is 0 Å². The van der Waals surface area contributed by atoms with Gasteiger partial charge in [-0.25, -0.2) is 4.98 Å². The number of carbonyl (C=O) groups excluding carboxylic acids is 1. The summed E-state index contributed by atoms with van der Waals surface area (Å²) in [6.07, 6.45) is 1.58. The fraction of sp³-hybridized carbons (Fsp3) is 0.692. The molecule has 0 saturated heterocycles. The second kappa shape index (κ2) is 5.80. The van der Waals surface area contributed by atoms with Crippen LogP contribution in [-0.2, 0) is 4.79 Å². The van der Waals surface area contributed by atoms with E-state index in [1.165, 1.54) is 0 Å². The summed E-state index contributed by atoms with van der Waals surface area (Å²) in [5, 5.41) is 4.00. The fourth-order valence-corrected chi connectivity index (χ4v) is 2.94. The number of hydrogen-bond donors (Lipinski definition) is 2. The molecular weight excluding hydrogens is 246 g/mol. The van der Waals surface area contributed by atoms with Crippen LogP contribution in [0.25, 0.3) is 0 Å². The standard InChI is InChI=1S/C13H23N3OS/c1-6-7-13(5,14)12(17)16-9(3)11-8(2)15-10(4)18-11/h9H,6-7,14H2,1-5H3,(H,16,17). The lowest BCUT2D eigenvalue weighted by Crippen LogP contribution is -2.51. The highest BCUT2D eigenvalue weighted by molar-refractivity contribution is 7.11. The highest BCUT2D eigenvalue weighted by Crippen LogP contribution is 2.25. The highest BCUT2D eigenvalue weighted by Gasteiger charge is 2.29. The second-order valence-electron chi connectivity index (χ2n) is 5.05. The molecule has 1 amide bonds. The van der Waals surface area contributed by atoms with E-state index < -0.39 is 5.54 Å². The van der Waals surface area contributed by atoms with Crippen molar-refractivity contribution < 1.29 is 4.79 Å². The maximum atomic E-state index is 12.1. The topological polar surface area (TPSA) is 68.0 Å². The molecular formula is C13H23N3OS. The van der Waals surface area contributed by atoms with Gasteiger partial charge in [0.15, 0.2) is 0 Å².